The Bertz CT molecular complexity index is 1010. The molecule has 3 aromatic rings. The lowest BCUT2D eigenvalue weighted by atomic mass is 10.1. The Hall–Kier alpha value is -3.15. The van der Waals surface area contributed by atoms with Gasteiger partial charge in [-0.15, -0.1) is 0 Å². The molecule has 4 rings (SSSR count). The molecule has 1 saturated heterocycles. The van der Waals surface area contributed by atoms with Crippen LogP contribution in [-0.2, 0) is 23.2 Å². The Morgan fingerprint density at radius 1 is 1.19 bits per heavy atom. The van der Waals surface area contributed by atoms with Gasteiger partial charge in [-0.25, -0.2) is 0 Å². The van der Waals surface area contributed by atoms with E-state index < -0.39 is 0 Å². The van der Waals surface area contributed by atoms with Crippen molar-refractivity contribution in [3.05, 3.63) is 59.8 Å². The Kier molecular flexibility index (Phi) is 4.39. The van der Waals surface area contributed by atoms with Crippen molar-refractivity contribution >= 4 is 28.4 Å². The third-order valence-corrected chi connectivity index (χ3v) is 5.11. The lowest BCUT2D eigenvalue weighted by Crippen LogP contribution is -2.32. The minimum atomic E-state index is -0.339. The molecule has 2 amide bonds. The summed E-state index contributed by atoms with van der Waals surface area (Å²) in [6.07, 6.45) is 0.239. The van der Waals surface area contributed by atoms with Gasteiger partial charge in [0.1, 0.15) is 0 Å². The predicted molar refractivity (Wildman–Crippen MR) is 104 cm³/mol. The minimum Gasteiger partial charge on any atom is -0.350 e. The highest BCUT2D eigenvalue weighted by molar-refractivity contribution is 6.00. The molecule has 1 aliphatic rings. The number of carbonyl (C=O) groups excluding carboxylic acids is 2. The largest absolute Gasteiger partial charge is 0.350 e. The highest BCUT2D eigenvalue weighted by atomic mass is 16.2. The lowest BCUT2D eigenvalue weighted by molar-refractivity contribution is -0.126. The Labute approximate surface area is 157 Å². The van der Waals surface area contributed by atoms with Gasteiger partial charge in [0, 0.05) is 31.1 Å². The fourth-order valence-electron chi connectivity index (χ4n) is 3.59. The van der Waals surface area contributed by atoms with E-state index in [0.717, 1.165) is 27.8 Å². The molecule has 0 spiro atoms. The van der Waals surface area contributed by atoms with E-state index in [-0.39, 0.29) is 24.2 Å². The van der Waals surface area contributed by atoms with Crippen molar-refractivity contribution in [3.8, 4) is 0 Å². The molecule has 1 aromatic heterocycles. The summed E-state index contributed by atoms with van der Waals surface area (Å²) < 4.78 is 1.81. The highest BCUT2D eigenvalue weighted by Gasteiger charge is 2.35. The Morgan fingerprint density at radius 3 is 2.70 bits per heavy atom. The number of aryl methyl sites for hydroxylation is 2. The van der Waals surface area contributed by atoms with E-state index in [1.165, 1.54) is 0 Å². The van der Waals surface area contributed by atoms with E-state index >= 15 is 0 Å². The maximum absolute atomic E-state index is 12.6. The van der Waals surface area contributed by atoms with E-state index in [2.05, 4.69) is 10.4 Å². The summed E-state index contributed by atoms with van der Waals surface area (Å²) in [5, 5.41) is 8.48. The van der Waals surface area contributed by atoms with Gasteiger partial charge < -0.3 is 10.2 Å². The second kappa shape index (κ2) is 6.87. The number of nitrogens with one attached hydrogen (secondary N) is 1. The fourth-order valence-corrected chi connectivity index (χ4v) is 3.59. The number of rotatable bonds is 4. The molecule has 1 aliphatic heterocycles. The average Bonchev–Trinajstić information content (AvgIpc) is 3.21. The molecule has 27 heavy (non-hydrogen) atoms. The molecule has 2 aromatic carbocycles. The number of amides is 2. The fraction of sp³-hybridized carbons (Fsp3) is 0.286. The second-order valence-corrected chi connectivity index (χ2v) is 7.05. The predicted octanol–water partition coefficient (Wildman–Crippen LogP) is 2.55. The van der Waals surface area contributed by atoms with E-state index in [9.17, 15) is 9.59 Å². The third-order valence-electron chi connectivity index (χ3n) is 5.11. The van der Waals surface area contributed by atoms with E-state index in [1.54, 1.807) is 4.90 Å². The molecule has 0 aliphatic carbocycles. The zero-order chi connectivity index (χ0) is 19.0. The van der Waals surface area contributed by atoms with Crippen LogP contribution < -0.4 is 10.2 Å². The molecular weight excluding hydrogens is 340 g/mol. The van der Waals surface area contributed by atoms with Gasteiger partial charge >= 0.3 is 0 Å². The monoisotopic (exact) mass is 362 g/mol. The van der Waals surface area contributed by atoms with Gasteiger partial charge in [0.25, 0.3) is 0 Å². The van der Waals surface area contributed by atoms with Crippen LogP contribution in [0.15, 0.2) is 48.5 Å². The molecule has 6 heteroatoms. The highest BCUT2D eigenvalue weighted by Crippen LogP contribution is 2.25. The van der Waals surface area contributed by atoms with Crippen molar-refractivity contribution in [3.63, 3.8) is 0 Å². The quantitative estimate of drug-likeness (QED) is 0.776. The maximum Gasteiger partial charge on any atom is 0.227 e. The molecule has 0 unspecified atom stereocenters. The summed E-state index contributed by atoms with van der Waals surface area (Å²) in [5.41, 5.74) is 3.85. The molecule has 1 atom stereocenters. The SMILES string of the molecule is Cc1ccc(N2C[C@H](C(=O)NCc3nn(C)c4ccccc34)CC2=O)cc1. The third kappa shape index (κ3) is 3.30. The van der Waals surface area contributed by atoms with Crippen molar-refractivity contribution in [2.24, 2.45) is 13.0 Å². The van der Waals surface area contributed by atoms with Gasteiger partial charge in [-0.3, -0.25) is 14.3 Å². The van der Waals surface area contributed by atoms with Crippen molar-refractivity contribution in [2.75, 3.05) is 11.4 Å². The van der Waals surface area contributed by atoms with Gasteiger partial charge in [-0.1, -0.05) is 35.9 Å². The summed E-state index contributed by atoms with van der Waals surface area (Å²) in [5.74, 6) is -0.455. The molecule has 138 valence electrons. The minimum absolute atomic E-state index is 0.0118. The summed E-state index contributed by atoms with van der Waals surface area (Å²) >= 11 is 0. The summed E-state index contributed by atoms with van der Waals surface area (Å²) in [6.45, 7) is 2.78. The van der Waals surface area contributed by atoms with Gasteiger partial charge in [0.15, 0.2) is 0 Å². The van der Waals surface area contributed by atoms with Crippen LogP contribution in [-0.4, -0.2) is 28.1 Å². The first-order valence-electron chi connectivity index (χ1n) is 9.08. The second-order valence-electron chi connectivity index (χ2n) is 7.05. The van der Waals surface area contributed by atoms with Crippen LogP contribution in [0.5, 0.6) is 0 Å². The number of benzene rings is 2. The topological polar surface area (TPSA) is 67.2 Å². The van der Waals surface area contributed by atoms with Crippen LogP contribution >= 0.6 is 0 Å². The van der Waals surface area contributed by atoms with Gasteiger partial charge in [-0.05, 0) is 25.1 Å². The number of hydrogen-bond acceptors (Lipinski definition) is 3. The molecule has 1 N–H and O–H groups in total. The number of aromatic nitrogens is 2. The number of hydrogen-bond donors (Lipinski definition) is 1. The van der Waals surface area contributed by atoms with Crippen LogP contribution in [0, 0.1) is 12.8 Å². The molecular formula is C21H22N4O2. The van der Waals surface area contributed by atoms with Gasteiger partial charge in [0.2, 0.25) is 11.8 Å². The summed E-state index contributed by atoms with van der Waals surface area (Å²) in [7, 11) is 1.89. The number of anilines is 1. The normalized spacial score (nSPS) is 16.9. The first-order chi connectivity index (χ1) is 13.0. The summed E-state index contributed by atoms with van der Waals surface area (Å²) in [4.78, 5) is 26.7. The van der Waals surface area contributed by atoms with Crippen molar-refractivity contribution in [1.29, 1.82) is 0 Å². The van der Waals surface area contributed by atoms with E-state index in [1.807, 2.05) is 67.2 Å². The van der Waals surface area contributed by atoms with Crippen LogP contribution in [0.3, 0.4) is 0 Å². The lowest BCUT2D eigenvalue weighted by Gasteiger charge is -2.16. The maximum atomic E-state index is 12.6. The number of nitrogens with zero attached hydrogens (tertiary/aromatic N) is 3. The Morgan fingerprint density at radius 2 is 1.93 bits per heavy atom. The Balaban J connectivity index is 1.43. The zero-order valence-corrected chi connectivity index (χ0v) is 15.5. The van der Waals surface area contributed by atoms with Crippen molar-refractivity contribution in [1.82, 2.24) is 15.1 Å². The standard InChI is InChI=1S/C21H22N4O2/c1-14-7-9-16(10-8-14)25-13-15(11-20(25)26)21(27)22-12-18-17-5-3-4-6-19(17)24(2)23-18/h3-10,15H,11-13H2,1-2H3,(H,22,27)/t15-/m1/s1. The molecule has 2 heterocycles. The van der Waals surface area contributed by atoms with Crippen LogP contribution in [0.25, 0.3) is 10.9 Å². The van der Waals surface area contributed by atoms with Crippen molar-refractivity contribution in [2.45, 2.75) is 19.9 Å². The molecule has 1 fully saturated rings. The van der Waals surface area contributed by atoms with Gasteiger partial charge in [0.05, 0.1) is 23.7 Å². The van der Waals surface area contributed by atoms with E-state index in [4.69, 9.17) is 0 Å². The molecule has 0 saturated carbocycles. The van der Waals surface area contributed by atoms with Gasteiger partial charge in [-0.2, -0.15) is 5.10 Å². The van der Waals surface area contributed by atoms with Crippen LogP contribution in [0.4, 0.5) is 5.69 Å². The van der Waals surface area contributed by atoms with E-state index in [0.29, 0.717) is 13.1 Å². The number of fused-ring (bicyclic) bond motifs is 1. The number of para-hydroxylation sites is 1. The van der Waals surface area contributed by atoms with Crippen LogP contribution in [0.1, 0.15) is 17.7 Å². The molecule has 0 bridgehead atoms. The molecule has 0 radical (unpaired) electrons. The number of carbonyl (C=O) groups is 2. The zero-order valence-electron chi connectivity index (χ0n) is 15.5. The molecule has 6 nitrogen and oxygen atoms in total. The van der Waals surface area contributed by atoms with Crippen molar-refractivity contribution < 1.29 is 9.59 Å². The smallest absolute Gasteiger partial charge is 0.227 e. The first-order valence-corrected chi connectivity index (χ1v) is 9.08. The average molecular weight is 362 g/mol. The first kappa shape index (κ1) is 17.3. The summed E-state index contributed by atoms with van der Waals surface area (Å²) in [6, 6.07) is 15.7. The van der Waals surface area contributed by atoms with Crippen LogP contribution in [0.2, 0.25) is 0 Å².